The number of H-pyrrole nitrogens is 1. The predicted octanol–water partition coefficient (Wildman–Crippen LogP) is 2.05. The van der Waals surface area contributed by atoms with Crippen molar-refractivity contribution in [2.75, 3.05) is 6.54 Å². The Morgan fingerprint density at radius 3 is 2.74 bits per heavy atom. The first-order valence-corrected chi connectivity index (χ1v) is 6.42. The minimum Gasteiger partial charge on any atom is -0.346 e. The number of nitrogens with one attached hydrogen (secondary N) is 1. The van der Waals surface area contributed by atoms with E-state index in [0.717, 1.165) is 29.6 Å². The van der Waals surface area contributed by atoms with Gasteiger partial charge in [-0.1, -0.05) is 30.3 Å². The van der Waals surface area contributed by atoms with Gasteiger partial charge in [0.25, 0.3) is 0 Å². The standard InChI is InChI=1S/C15H16N4/c16-7-6-12-9-17-15-14(12)13(18-10-19-15)8-11-4-2-1-3-5-11/h1-5,9-10H,6-8,16H2,(H,17,18,19). The number of nitrogens with two attached hydrogens (primary N) is 1. The van der Waals surface area contributed by atoms with Crippen LogP contribution in [0.3, 0.4) is 0 Å². The minimum absolute atomic E-state index is 0.632. The molecule has 1 aromatic carbocycles. The van der Waals surface area contributed by atoms with Crippen LogP contribution in [0.5, 0.6) is 0 Å². The monoisotopic (exact) mass is 252 g/mol. The van der Waals surface area contributed by atoms with Gasteiger partial charge < -0.3 is 10.7 Å². The molecule has 0 unspecified atom stereocenters. The van der Waals surface area contributed by atoms with Gasteiger partial charge in [0.15, 0.2) is 0 Å². The highest BCUT2D eigenvalue weighted by Crippen LogP contribution is 2.21. The molecular weight excluding hydrogens is 236 g/mol. The van der Waals surface area contributed by atoms with Crippen molar-refractivity contribution in [2.24, 2.45) is 5.73 Å². The smallest absolute Gasteiger partial charge is 0.141 e. The van der Waals surface area contributed by atoms with Gasteiger partial charge in [-0.05, 0) is 24.1 Å². The molecule has 0 saturated heterocycles. The molecule has 3 rings (SSSR count). The Bertz CT molecular complexity index is 673. The number of rotatable bonds is 4. The highest BCUT2D eigenvalue weighted by Gasteiger charge is 2.10. The summed E-state index contributed by atoms with van der Waals surface area (Å²) in [4.78, 5) is 11.9. The molecule has 96 valence electrons. The van der Waals surface area contributed by atoms with Gasteiger partial charge >= 0.3 is 0 Å². The largest absolute Gasteiger partial charge is 0.346 e. The SMILES string of the molecule is NCCc1c[nH]c2ncnc(Cc3ccccc3)c12. The molecule has 0 aliphatic rings. The lowest BCUT2D eigenvalue weighted by molar-refractivity contribution is 0.971. The summed E-state index contributed by atoms with van der Waals surface area (Å²) in [6.07, 6.45) is 5.26. The summed E-state index contributed by atoms with van der Waals surface area (Å²) in [5, 5.41) is 1.12. The zero-order valence-electron chi connectivity index (χ0n) is 10.6. The summed E-state index contributed by atoms with van der Waals surface area (Å²) in [5.41, 5.74) is 10.1. The van der Waals surface area contributed by atoms with E-state index in [1.165, 1.54) is 11.1 Å². The van der Waals surface area contributed by atoms with Crippen molar-refractivity contribution >= 4 is 11.0 Å². The van der Waals surface area contributed by atoms with Crippen molar-refractivity contribution in [3.05, 3.63) is 59.7 Å². The van der Waals surface area contributed by atoms with Gasteiger partial charge in [-0.15, -0.1) is 0 Å². The van der Waals surface area contributed by atoms with E-state index in [9.17, 15) is 0 Å². The third kappa shape index (κ3) is 2.35. The van der Waals surface area contributed by atoms with Gasteiger partial charge in [-0.25, -0.2) is 9.97 Å². The van der Waals surface area contributed by atoms with Crippen LogP contribution >= 0.6 is 0 Å². The molecule has 0 radical (unpaired) electrons. The molecule has 3 N–H and O–H groups in total. The Labute approximate surface area is 111 Å². The second kappa shape index (κ2) is 5.20. The molecule has 0 fully saturated rings. The van der Waals surface area contributed by atoms with E-state index in [2.05, 4.69) is 27.1 Å². The summed E-state index contributed by atoms with van der Waals surface area (Å²) < 4.78 is 0. The van der Waals surface area contributed by atoms with E-state index in [-0.39, 0.29) is 0 Å². The lowest BCUT2D eigenvalue weighted by atomic mass is 10.0. The molecule has 0 atom stereocenters. The summed E-state index contributed by atoms with van der Waals surface area (Å²) >= 11 is 0. The molecule has 2 heterocycles. The van der Waals surface area contributed by atoms with E-state index < -0.39 is 0 Å². The highest BCUT2D eigenvalue weighted by atomic mass is 14.9. The fourth-order valence-corrected chi connectivity index (χ4v) is 2.37. The molecular formula is C15H16N4. The summed E-state index contributed by atoms with van der Waals surface area (Å²) in [6, 6.07) is 10.3. The number of nitrogens with zero attached hydrogens (tertiary/aromatic N) is 2. The second-order valence-corrected chi connectivity index (χ2v) is 4.56. The first-order chi connectivity index (χ1) is 9.38. The average Bonchev–Trinajstić information content (AvgIpc) is 2.85. The molecule has 2 aromatic heterocycles. The van der Waals surface area contributed by atoms with Gasteiger partial charge in [0.05, 0.1) is 5.69 Å². The number of aromatic nitrogens is 3. The normalized spacial score (nSPS) is 11.0. The quantitative estimate of drug-likeness (QED) is 0.746. The average molecular weight is 252 g/mol. The first kappa shape index (κ1) is 11.9. The summed E-state index contributed by atoms with van der Waals surface area (Å²) in [7, 11) is 0. The van der Waals surface area contributed by atoms with Crippen LogP contribution in [0.15, 0.2) is 42.9 Å². The van der Waals surface area contributed by atoms with Gasteiger partial charge in [-0.3, -0.25) is 0 Å². The number of benzene rings is 1. The van der Waals surface area contributed by atoms with E-state index >= 15 is 0 Å². The van der Waals surface area contributed by atoms with Crippen LogP contribution in [0.1, 0.15) is 16.8 Å². The zero-order valence-corrected chi connectivity index (χ0v) is 10.6. The lowest BCUT2D eigenvalue weighted by Crippen LogP contribution is -2.03. The van der Waals surface area contributed by atoms with Crippen molar-refractivity contribution in [3.8, 4) is 0 Å². The van der Waals surface area contributed by atoms with Crippen LogP contribution in [0.2, 0.25) is 0 Å². The van der Waals surface area contributed by atoms with Gasteiger partial charge in [0.2, 0.25) is 0 Å². The molecule has 4 nitrogen and oxygen atoms in total. The molecule has 19 heavy (non-hydrogen) atoms. The Morgan fingerprint density at radius 1 is 1.11 bits per heavy atom. The van der Waals surface area contributed by atoms with E-state index in [1.807, 2.05) is 24.4 Å². The Balaban J connectivity index is 2.05. The molecule has 4 heteroatoms. The van der Waals surface area contributed by atoms with Crippen LogP contribution in [-0.4, -0.2) is 21.5 Å². The van der Waals surface area contributed by atoms with Crippen LogP contribution in [0.25, 0.3) is 11.0 Å². The number of hydrogen-bond donors (Lipinski definition) is 2. The summed E-state index contributed by atoms with van der Waals surface area (Å²) in [5.74, 6) is 0. The van der Waals surface area contributed by atoms with Crippen molar-refractivity contribution in [1.82, 2.24) is 15.0 Å². The molecule has 0 saturated carbocycles. The van der Waals surface area contributed by atoms with Crippen molar-refractivity contribution in [2.45, 2.75) is 12.8 Å². The van der Waals surface area contributed by atoms with Crippen molar-refractivity contribution in [1.29, 1.82) is 0 Å². The van der Waals surface area contributed by atoms with E-state index in [1.54, 1.807) is 6.33 Å². The number of fused-ring (bicyclic) bond motifs is 1. The number of aromatic amines is 1. The van der Waals surface area contributed by atoms with Crippen LogP contribution in [-0.2, 0) is 12.8 Å². The van der Waals surface area contributed by atoms with E-state index in [4.69, 9.17) is 5.73 Å². The topological polar surface area (TPSA) is 67.6 Å². The first-order valence-electron chi connectivity index (χ1n) is 6.42. The molecule has 3 aromatic rings. The molecule has 0 bridgehead atoms. The predicted molar refractivity (Wildman–Crippen MR) is 75.9 cm³/mol. The van der Waals surface area contributed by atoms with Gasteiger partial charge in [0, 0.05) is 18.0 Å². The molecule has 0 amide bonds. The lowest BCUT2D eigenvalue weighted by Gasteiger charge is -2.04. The Morgan fingerprint density at radius 2 is 1.95 bits per heavy atom. The Kier molecular flexibility index (Phi) is 3.25. The maximum Gasteiger partial charge on any atom is 0.141 e. The third-order valence-corrected chi connectivity index (χ3v) is 3.26. The fourth-order valence-electron chi connectivity index (χ4n) is 2.37. The fraction of sp³-hybridized carbons (Fsp3) is 0.200. The maximum absolute atomic E-state index is 5.66. The highest BCUT2D eigenvalue weighted by molar-refractivity contribution is 5.82. The van der Waals surface area contributed by atoms with Gasteiger partial charge in [-0.2, -0.15) is 0 Å². The molecule has 0 aliphatic carbocycles. The van der Waals surface area contributed by atoms with E-state index in [0.29, 0.717) is 6.54 Å². The third-order valence-electron chi connectivity index (χ3n) is 3.26. The van der Waals surface area contributed by atoms with Crippen molar-refractivity contribution < 1.29 is 0 Å². The molecule has 0 aliphatic heterocycles. The van der Waals surface area contributed by atoms with Crippen LogP contribution in [0.4, 0.5) is 0 Å². The Hall–Kier alpha value is -2.20. The number of hydrogen-bond acceptors (Lipinski definition) is 3. The van der Waals surface area contributed by atoms with Gasteiger partial charge in [0.1, 0.15) is 12.0 Å². The van der Waals surface area contributed by atoms with Crippen LogP contribution in [0, 0.1) is 0 Å². The zero-order chi connectivity index (χ0) is 13.1. The second-order valence-electron chi connectivity index (χ2n) is 4.56. The van der Waals surface area contributed by atoms with Crippen LogP contribution < -0.4 is 5.73 Å². The van der Waals surface area contributed by atoms with Crippen molar-refractivity contribution in [3.63, 3.8) is 0 Å². The summed E-state index contributed by atoms with van der Waals surface area (Å²) in [6.45, 7) is 0.632. The minimum atomic E-state index is 0.632. The maximum atomic E-state index is 5.66. The molecule has 0 spiro atoms.